The molecule has 0 saturated heterocycles. The molecule has 0 fully saturated rings. The summed E-state index contributed by atoms with van der Waals surface area (Å²) in [6.07, 6.45) is 4.94. The third-order valence-electron chi connectivity index (χ3n) is 3.44. The average Bonchev–Trinajstić information content (AvgIpc) is 3.04. The number of carboxylic acids is 1. The molecule has 0 unspecified atom stereocenters. The molecule has 0 amide bonds. The Labute approximate surface area is 133 Å². The van der Waals surface area contributed by atoms with Crippen LogP contribution in [-0.2, 0) is 6.54 Å². The summed E-state index contributed by atoms with van der Waals surface area (Å²) < 4.78 is 6.94. The molecule has 1 aromatic carbocycles. The summed E-state index contributed by atoms with van der Waals surface area (Å²) >= 11 is 0. The van der Waals surface area contributed by atoms with Gasteiger partial charge in [-0.2, -0.15) is 5.10 Å². The number of hydrogen-bond acceptors (Lipinski definition) is 4. The molecule has 6 nitrogen and oxygen atoms in total. The van der Waals surface area contributed by atoms with Crippen molar-refractivity contribution >= 4 is 5.97 Å². The van der Waals surface area contributed by atoms with Crippen LogP contribution in [0.1, 0.15) is 15.9 Å². The van der Waals surface area contributed by atoms with E-state index in [0.717, 1.165) is 16.9 Å². The quantitative estimate of drug-likeness (QED) is 0.784. The van der Waals surface area contributed by atoms with Crippen LogP contribution in [0.15, 0.2) is 55.0 Å². The van der Waals surface area contributed by atoms with Gasteiger partial charge in [0.1, 0.15) is 5.75 Å². The number of nitrogens with zero attached hydrogens (tertiary/aromatic N) is 3. The molecule has 0 radical (unpaired) electrons. The van der Waals surface area contributed by atoms with Gasteiger partial charge in [0.25, 0.3) is 0 Å². The van der Waals surface area contributed by atoms with Crippen LogP contribution in [0.25, 0.3) is 11.3 Å². The highest BCUT2D eigenvalue weighted by Gasteiger charge is 2.07. The Morgan fingerprint density at radius 1 is 1.17 bits per heavy atom. The Kier molecular flexibility index (Phi) is 4.05. The zero-order valence-corrected chi connectivity index (χ0v) is 12.5. The van der Waals surface area contributed by atoms with Gasteiger partial charge in [0.15, 0.2) is 0 Å². The van der Waals surface area contributed by atoms with Crippen molar-refractivity contribution in [2.45, 2.75) is 6.54 Å². The molecule has 0 saturated carbocycles. The number of rotatable bonds is 5. The summed E-state index contributed by atoms with van der Waals surface area (Å²) in [6.45, 7) is 0.636. The van der Waals surface area contributed by atoms with Gasteiger partial charge < -0.3 is 9.84 Å². The number of methoxy groups -OCH3 is 1. The first kappa shape index (κ1) is 14.8. The van der Waals surface area contributed by atoms with Gasteiger partial charge >= 0.3 is 5.97 Å². The van der Waals surface area contributed by atoms with Crippen molar-refractivity contribution in [2.24, 2.45) is 0 Å². The number of hydrogen-bond donors (Lipinski definition) is 1. The third kappa shape index (κ3) is 3.37. The van der Waals surface area contributed by atoms with E-state index in [1.54, 1.807) is 19.4 Å². The Morgan fingerprint density at radius 2 is 1.96 bits per heavy atom. The summed E-state index contributed by atoms with van der Waals surface area (Å²) in [5.41, 5.74) is 2.81. The summed E-state index contributed by atoms with van der Waals surface area (Å²) in [4.78, 5) is 15.0. The molecular weight excluding hydrogens is 294 g/mol. The van der Waals surface area contributed by atoms with Crippen LogP contribution in [0.5, 0.6) is 5.75 Å². The average molecular weight is 309 g/mol. The van der Waals surface area contributed by atoms with E-state index in [1.165, 1.54) is 12.3 Å². The fourth-order valence-electron chi connectivity index (χ4n) is 2.19. The molecule has 3 aromatic rings. The van der Waals surface area contributed by atoms with E-state index in [-0.39, 0.29) is 5.56 Å². The number of carboxylic acid groups (broad SMARTS) is 1. The van der Waals surface area contributed by atoms with E-state index >= 15 is 0 Å². The lowest BCUT2D eigenvalue weighted by molar-refractivity contribution is 0.0696. The molecule has 2 heterocycles. The van der Waals surface area contributed by atoms with Gasteiger partial charge in [-0.25, -0.2) is 4.79 Å². The maximum absolute atomic E-state index is 10.8. The van der Waals surface area contributed by atoms with Gasteiger partial charge in [-0.1, -0.05) is 12.1 Å². The number of aromatic carboxylic acids is 1. The summed E-state index contributed by atoms with van der Waals surface area (Å²) in [7, 11) is 1.64. The zero-order chi connectivity index (χ0) is 16.2. The van der Waals surface area contributed by atoms with Crippen molar-refractivity contribution in [3.8, 4) is 17.0 Å². The predicted molar refractivity (Wildman–Crippen MR) is 84.5 cm³/mol. The molecule has 0 aliphatic carbocycles. The first-order valence-electron chi connectivity index (χ1n) is 7.01. The number of ether oxygens (including phenoxy) is 1. The molecule has 3 rings (SSSR count). The molecule has 0 aliphatic rings. The van der Waals surface area contributed by atoms with E-state index in [0.29, 0.717) is 12.2 Å². The van der Waals surface area contributed by atoms with Gasteiger partial charge in [0.05, 0.1) is 31.1 Å². The first-order valence-corrected chi connectivity index (χ1v) is 7.01. The fraction of sp³-hybridized carbons (Fsp3) is 0.118. The Morgan fingerprint density at radius 3 is 2.57 bits per heavy atom. The van der Waals surface area contributed by atoms with Gasteiger partial charge in [0.2, 0.25) is 0 Å². The van der Waals surface area contributed by atoms with Crippen LogP contribution in [-0.4, -0.2) is 33.0 Å². The molecule has 0 spiro atoms. The standard InChI is InChI=1S/C17H15N3O3/c1-23-15-5-2-12(3-6-15)10-20-11-14(9-19-20)16-7-4-13(8-18-16)17(21)22/h2-9,11H,10H2,1H3,(H,21,22). The van der Waals surface area contributed by atoms with Gasteiger partial charge in [-0.15, -0.1) is 0 Å². The zero-order valence-electron chi connectivity index (χ0n) is 12.5. The highest BCUT2D eigenvalue weighted by Crippen LogP contribution is 2.17. The first-order chi connectivity index (χ1) is 11.2. The van der Waals surface area contributed by atoms with Crippen LogP contribution in [0.3, 0.4) is 0 Å². The molecule has 2 aromatic heterocycles. The van der Waals surface area contributed by atoms with Gasteiger partial charge in [-0.05, 0) is 29.8 Å². The van der Waals surface area contributed by atoms with Crippen molar-refractivity contribution in [1.82, 2.24) is 14.8 Å². The maximum atomic E-state index is 10.8. The van der Waals surface area contributed by atoms with Crippen molar-refractivity contribution in [3.05, 3.63) is 66.1 Å². The molecular formula is C17H15N3O3. The van der Waals surface area contributed by atoms with Crippen molar-refractivity contribution < 1.29 is 14.6 Å². The number of pyridine rings is 1. The molecule has 6 heteroatoms. The summed E-state index contributed by atoms with van der Waals surface area (Å²) in [5.74, 6) is -0.170. The minimum atomic E-state index is -0.987. The largest absolute Gasteiger partial charge is 0.497 e. The number of carbonyl (C=O) groups is 1. The topological polar surface area (TPSA) is 77.2 Å². The number of aromatic nitrogens is 3. The Hall–Kier alpha value is -3.15. The van der Waals surface area contributed by atoms with E-state index in [1.807, 2.05) is 35.1 Å². The number of benzene rings is 1. The van der Waals surface area contributed by atoms with E-state index in [4.69, 9.17) is 9.84 Å². The molecule has 0 aliphatic heterocycles. The Balaban J connectivity index is 1.75. The summed E-state index contributed by atoms with van der Waals surface area (Å²) in [6, 6.07) is 11.0. The second-order valence-corrected chi connectivity index (χ2v) is 5.01. The Bertz CT molecular complexity index is 808. The molecule has 0 atom stereocenters. The lowest BCUT2D eigenvalue weighted by Gasteiger charge is -2.03. The second-order valence-electron chi connectivity index (χ2n) is 5.01. The maximum Gasteiger partial charge on any atom is 0.337 e. The van der Waals surface area contributed by atoms with E-state index in [9.17, 15) is 4.79 Å². The fourth-order valence-corrected chi connectivity index (χ4v) is 2.19. The minimum Gasteiger partial charge on any atom is -0.497 e. The predicted octanol–water partition coefficient (Wildman–Crippen LogP) is 2.70. The van der Waals surface area contributed by atoms with Gasteiger partial charge in [-0.3, -0.25) is 9.67 Å². The third-order valence-corrected chi connectivity index (χ3v) is 3.44. The van der Waals surface area contributed by atoms with Crippen LogP contribution in [0.4, 0.5) is 0 Å². The minimum absolute atomic E-state index is 0.166. The van der Waals surface area contributed by atoms with Crippen LogP contribution < -0.4 is 4.74 Å². The molecule has 1 N–H and O–H groups in total. The van der Waals surface area contributed by atoms with E-state index in [2.05, 4.69) is 10.1 Å². The highest BCUT2D eigenvalue weighted by molar-refractivity contribution is 5.87. The smallest absolute Gasteiger partial charge is 0.337 e. The SMILES string of the molecule is COc1ccc(Cn2cc(-c3ccc(C(=O)O)cn3)cn2)cc1. The van der Waals surface area contributed by atoms with Crippen molar-refractivity contribution in [3.63, 3.8) is 0 Å². The monoisotopic (exact) mass is 309 g/mol. The van der Waals surface area contributed by atoms with Crippen molar-refractivity contribution in [2.75, 3.05) is 7.11 Å². The summed E-state index contributed by atoms with van der Waals surface area (Å²) in [5, 5.41) is 13.2. The lowest BCUT2D eigenvalue weighted by Crippen LogP contribution is -1.99. The van der Waals surface area contributed by atoms with E-state index < -0.39 is 5.97 Å². The van der Waals surface area contributed by atoms with Crippen LogP contribution in [0.2, 0.25) is 0 Å². The van der Waals surface area contributed by atoms with Crippen LogP contribution >= 0.6 is 0 Å². The lowest BCUT2D eigenvalue weighted by atomic mass is 10.2. The van der Waals surface area contributed by atoms with Crippen molar-refractivity contribution in [1.29, 1.82) is 0 Å². The highest BCUT2D eigenvalue weighted by atomic mass is 16.5. The van der Waals surface area contributed by atoms with Crippen LogP contribution in [0, 0.1) is 0 Å². The molecule has 23 heavy (non-hydrogen) atoms. The molecule has 0 bridgehead atoms. The van der Waals surface area contributed by atoms with Gasteiger partial charge in [0, 0.05) is 18.0 Å². The second kappa shape index (κ2) is 6.31. The normalized spacial score (nSPS) is 10.5. The molecule has 116 valence electrons.